The average molecular weight is 215 g/mol. The minimum Gasteiger partial charge on any atom is -0.347 e. The zero-order valence-electron chi connectivity index (χ0n) is 10.6. The third kappa shape index (κ3) is 1.75. The van der Waals surface area contributed by atoms with E-state index in [0.29, 0.717) is 0 Å². The number of para-hydroxylation sites is 1. The standard InChI is InChI=1S/C15H21N/c1-4-8-12-13-10-6-7-11-15(13)16(3)14(12)9-5-2/h6-7,10-11H,4-5,8-9H2,1-3H3. The molecule has 1 heterocycles. The minimum atomic E-state index is 1.19. The lowest BCUT2D eigenvalue weighted by molar-refractivity contribution is 0.779. The van der Waals surface area contributed by atoms with E-state index in [0.717, 1.165) is 0 Å². The number of aryl methyl sites for hydroxylation is 2. The molecule has 1 aromatic carbocycles. The van der Waals surface area contributed by atoms with Gasteiger partial charge in [0.1, 0.15) is 0 Å². The lowest BCUT2D eigenvalue weighted by Gasteiger charge is -2.05. The molecule has 0 aliphatic heterocycles. The molecule has 0 saturated carbocycles. The largest absolute Gasteiger partial charge is 0.347 e. The maximum atomic E-state index is 2.38. The molecule has 0 unspecified atom stereocenters. The smallest absolute Gasteiger partial charge is 0.0482 e. The van der Waals surface area contributed by atoms with Gasteiger partial charge in [0.2, 0.25) is 0 Å². The van der Waals surface area contributed by atoms with E-state index in [1.54, 1.807) is 5.56 Å². The third-order valence-corrected chi connectivity index (χ3v) is 3.33. The summed E-state index contributed by atoms with van der Waals surface area (Å²) in [5.41, 5.74) is 4.49. The van der Waals surface area contributed by atoms with Crippen molar-refractivity contribution >= 4 is 10.9 Å². The second-order valence-electron chi connectivity index (χ2n) is 4.50. The zero-order valence-corrected chi connectivity index (χ0v) is 10.6. The van der Waals surface area contributed by atoms with Gasteiger partial charge in [-0.2, -0.15) is 0 Å². The number of hydrogen-bond donors (Lipinski definition) is 0. The van der Waals surface area contributed by atoms with Gasteiger partial charge in [-0.05, 0) is 24.5 Å². The molecule has 0 N–H and O–H groups in total. The molecule has 0 aliphatic carbocycles. The van der Waals surface area contributed by atoms with Gasteiger partial charge < -0.3 is 4.57 Å². The Bertz CT molecular complexity index is 479. The van der Waals surface area contributed by atoms with E-state index in [4.69, 9.17) is 0 Å². The Labute approximate surface area is 98.1 Å². The summed E-state index contributed by atoms with van der Waals surface area (Å²) in [5, 5.41) is 1.45. The van der Waals surface area contributed by atoms with Crippen molar-refractivity contribution in [3.05, 3.63) is 35.5 Å². The Morgan fingerprint density at radius 1 is 1.00 bits per heavy atom. The van der Waals surface area contributed by atoms with E-state index in [1.807, 2.05) is 0 Å². The SMILES string of the molecule is CCCc1c(CCC)n(C)c2ccccc12. The van der Waals surface area contributed by atoms with E-state index in [2.05, 4.69) is 49.7 Å². The van der Waals surface area contributed by atoms with Crippen LogP contribution in [-0.2, 0) is 19.9 Å². The van der Waals surface area contributed by atoms with Gasteiger partial charge in [0.05, 0.1) is 0 Å². The number of aromatic nitrogens is 1. The third-order valence-electron chi connectivity index (χ3n) is 3.33. The molecule has 0 amide bonds. The molecule has 0 fully saturated rings. The normalized spacial score (nSPS) is 11.2. The van der Waals surface area contributed by atoms with Crippen molar-refractivity contribution in [1.82, 2.24) is 4.57 Å². The van der Waals surface area contributed by atoms with Crippen LogP contribution < -0.4 is 0 Å². The van der Waals surface area contributed by atoms with Crippen LogP contribution in [0.5, 0.6) is 0 Å². The van der Waals surface area contributed by atoms with Crippen LogP contribution in [0.25, 0.3) is 10.9 Å². The summed E-state index contributed by atoms with van der Waals surface area (Å²) in [7, 11) is 2.20. The van der Waals surface area contributed by atoms with E-state index < -0.39 is 0 Å². The molecule has 0 radical (unpaired) electrons. The van der Waals surface area contributed by atoms with Gasteiger partial charge in [0.15, 0.2) is 0 Å². The Kier molecular flexibility index (Phi) is 3.33. The molecule has 0 saturated heterocycles. The molecule has 1 heteroatoms. The van der Waals surface area contributed by atoms with Crippen LogP contribution in [0.1, 0.15) is 37.9 Å². The van der Waals surface area contributed by atoms with Crippen molar-refractivity contribution in [3.63, 3.8) is 0 Å². The number of fused-ring (bicyclic) bond motifs is 1. The zero-order chi connectivity index (χ0) is 11.5. The fourth-order valence-corrected chi connectivity index (χ4v) is 2.61. The summed E-state index contributed by atoms with van der Waals surface area (Å²) in [4.78, 5) is 0. The molecular weight excluding hydrogens is 194 g/mol. The Balaban J connectivity index is 2.65. The van der Waals surface area contributed by atoms with Crippen molar-refractivity contribution in [2.24, 2.45) is 7.05 Å². The molecule has 0 spiro atoms. The van der Waals surface area contributed by atoms with Crippen LogP contribution in [0.4, 0.5) is 0 Å². The molecular formula is C15H21N. The molecule has 2 rings (SSSR count). The molecule has 2 aromatic rings. The molecule has 86 valence electrons. The summed E-state index contributed by atoms with van der Waals surface area (Å²) in [6, 6.07) is 8.78. The van der Waals surface area contributed by atoms with Crippen LogP contribution in [0, 0.1) is 0 Å². The summed E-state index contributed by atoms with van der Waals surface area (Å²) < 4.78 is 2.38. The fraction of sp³-hybridized carbons (Fsp3) is 0.467. The quantitative estimate of drug-likeness (QED) is 0.724. The van der Waals surface area contributed by atoms with Crippen LogP contribution >= 0.6 is 0 Å². The van der Waals surface area contributed by atoms with Gasteiger partial charge in [-0.1, -0.05) is 44.9 Å². The number of hydrogen-bond acceptors (Lipinski definition) is 0. The number of nitrogens with zero attached hydrogens (tertiary/aromatic N) is 1. The van der Waals surface area contributed by atoms with Gasteiger partial charge in [-0.15, -0.1) is 0 Å². The van der Waals surface area contributed by atoms with Crippen molar-refractivity contribution in [1.29, 1.82) is 0 Å². The number of rotatable bonds is 4. The highest BCUT2D eigenvalue weighted by Gasteiger charge is 2.12. The van der Waals surface area contributed by atoms with Crippen LogP contribution in [0.3, 0.4) is 0 Å². The minimum absolute atomic E-state index is 1.19. The second kappa shape index (κ2) is 4.73. The second-order valence-corrected chi connectivity index (χ2v) is 4.50. The molecule has 0 bridgehead atoms. The average Bonchev–Trinajstić information content (AvgIpc) is 2.57. The van der Waals surface area contributed by atoms with E-state index in [9.17, 15) is 0 Å². The van der Waals surface area contributed by atoms with Crippen molar-refractivity contribution in [2.45, 2.75) is 39.5 Å². The topological polar surface area (TPSA) is 4.93 Å². The van der Waals surface area contributed by atoms with Gasteiger partial charge >= 0.3 is 0 Å². The Morgan fingerprint density at radius 3 is 2.38 bits per heavy atom. The molecule has 0 atom stereocenters. The predicted molar refractivity (Wildman–Crippen MR) is 70.9 cm³/mol. The summed E-state index contributed by atoms with van der Waals surface area (Å²) in [5.74, 6) is 0. The van der Waals surface area contributed by atoms with Gasteiger partial charge in [-0.25, -0.2) is 0 Å². The highest BCUT2D eigenvalue weighted by molar-refractivity contribution is 5.85. The van der Waals surface area contributed by atoms with Crippen molar-refractivity contribution < 1.29 is 0 Å². The first-order valence-electron chi connectivity index (χ1n) is 6.34. The molecule has 1 aromatic heterocycles. The lowest BCUT2D eigenvalue weighted by atomic mass is 10.0. The van der Waals surface area contributed by atoms with Gasteiger partial charge in [-0.3, -0.25) is 0 Å². The van der Waals surface area contributed by atoms with Gasteiger partial charge in [0, 0.05) is 23.6 Å². The van der Waals surface area contributed by atoms with E-state index in [-0.39, 0.29) is 0 Å². The first-order chi connectivity index (χ1) is 7.79. The van der Waals surface area contributed by atoms with Crippen molar-refractivity contribution in [2.75, 3.05) is 0 Å². The molecule has 16 heavy (non-hydrogen) atoms. The van der Waals surface area contributed by atoms with Gasteiger partial charge in [0.25, 0.3) is 0 Å². The first-order valence-corrected chi connectivity index (χ1v) is 6.34. The van der Waals surface area contributed by atoms with Crippen molar-refractivity contribution in [3.8, 4) is 0 Å². The first kappa shape index (κ1) is 11.3. The predicted octanol–water partition coefficient (Wildman–Crippen LogP) is 4.08. The Hall–Kier alpha value is -1.24. The molecule has 0 aliphatic rings. The van der Waals surface area contributed by atoms with E-state index >= 15 is 0 Å². The highest BCUT2D eigenvalue weighted by Crippen LogP contribution is 2.27. The summed E-state index contributed by atoms with van der Waals surface area (Å²) in [6.45, 7) is 4.52. The maximum absolute atomic E-state index is 2.38. The Morgan fingerprint density at radius 2 is 1.69 bits per heavy atom. The van der Waals surface area contributed by atoms with E-state index in [1.165, 1.54) is 42.3 Å². The van der Waals surface area contributed by atoms with Crippen LogP contribution in [-0.4, -0.2) is 4.57 Å². The lowest BCUT2D eigenvalue weighted by Crippen LogP contribution is -1.98. The summed E-state index contributed by atoms with van der Waals surface area (Å²) in [6.07, 6.45) is 4.85. The monoisotopic (exact) mass is 215 g/mol. The number of benzene rings is 1. The van der Waals surface area contributed by atoms with Crippen LogP contribution in [0.15, 0.2) is 24.3 Å². The molecule has 1 nitrogen and oxygen atoms in total. The fourth-order valence-electron chi connectivity index (χ4n) is 2.61. The van der Waals surface area contributed by atoms with Crippen LogP contribution in [0.2, 0.25) is 0 Å². The summed E-state index contributed by atoms with van der Waals surface area (Å²) >= 11 is 0. The highest BCUT2D eigenvalue weighted by atomic mass is 14.9. The maximum Gasteiger partial charge on any atom is 0.0482 e.